The molecule has 0 nitrogen and oxygen atoms in total. The van der Waals surface area contributed by atoms with E-state index in [1.165, 1.54) is 25.7 Å². The van der Waals surface area contributed by atoms with Crippen molar-refractivity contribution >= 4 is 0 Å². The van der Waals surface area contributed by atoms with E-state index in [2.05, 4.69) is 34.6 Å². The Morgan fingerprint density at radius 2 is 1.50 bits per heavy atom. The van der Waals surface area contributed by atoms with Crippen molar-refractivity contribution in [2.24, 2.45) is 17.8 Å². The molecule has 0 aromatic carbocycles. The predicted molar refractivity (Wildman–Crippen MR) is 57.3 cm³/mol. The topological polar surface area (TPSA) is 0 Å². The Labute approximate surface area is 78.8 Å². The van der Waals surface area contributed by atoms with Gasteiger partial charge in [-0.05, 0) is 24.2 Å². The van der Waals surface area contributed by atoms with Gasteiger partial charge in [-0.3, -0.25) is 0 Å². The van der Waals surface area contributed by atoms with E-state index in [0.29, 0.717) is 0 Å². The molecule has 0 saturated carbocycles. The molecular formula is C12H26. The van der Waals surface area contributed by atoms with Gasteiger partial charge in [-0.25, -0.2) is 0 Å². The fourth-order valence-electron chi connectivity index (χ4n) is 1.88. The molecule has 0 heteroatoms. The van der Waals surface area contributed by atoms with Crippen LogP contribution in [0.1, 0.15) is 60.3 Å². The molecule has 0 aliphatic carbocycles. The van der Waals surface area contributed by atoms with Gasteiger partial charge in [0.05, 0.1) is 0 Å². The molecule has 0 aliphatic heterocycles. The third-order valence-electron chi connectivity index (χ3n) is 3.17. The van der Waals surface area contributed by atoms with Gasteiger partial charge in [0.2, 0.25) is 0 Å². The van der Waals surface area contributed by atoms with Crippen LogP contribution in [-0.2, 0) is 0 Å². The number of hydrogen-bond acceptors (Lipinski definition) is 0. The Bertz CT molecular complexity index is 96.2. The average molecular weight is 170 g/mol. The minimum absolute atomic E-state index is 0.907. The summed E-state index contributed by atoms with van der Waals surface area (Å²) < 4.78 is 0. The van der Waals surface area contributed by atoms with Crippen LogP contribution in [0.15, 0.2) is 0 Å². The molecule has 0 radical (unpaired) electrons. The molecule has 0 aromatic heterocycles. The van der Waals surface area contributed by atoms with E-state index in [9.17, 15) is 0 Å². The van der Waals surface area contributed by atoms with Gasteiger partial charge >= 0.3 is 0 Å². The summed E-state index contributed by atoms with van der Waals surface area (Å²) in [5, 5.41) is 0. The van der Waals surface area contributed by atoms with E-state index in [4.69, 9.17) is 0 Å². The Morgan fingerprint density at radius 1 is 0.917 bits per heavy atom. The third kappa shape index (κ3) is 4.79. The zero-order valence-corrected chi connectivity index (χ0v) is 9.56. The van der Waals surface area contributed by atoms with Gasteiger partial charge < -0.3 is 0 Å². The molecule has 0 bridgehead atoms. The van der Waals surface area contributed by atoms with Gasteiger partial charge in [0.15, 0.2) is 0 Å². The van der Waals surface area contributed by atoms with Crippen LogP contribution in [0.4, 0.5) is 0 Å². The lowest BCUT2D eigenvalue weighted by Crippen LogP contribution is -2.10. The zero-order chi connectivity index (χ0) is 9.56. The molecular weight excluding hydrogens is 144 g/mol. The van der Waals surface area contributed by atoms with Crippen LogP contribution < -0.4 is 0 Å². The van der Waals surface area contributed by atoms with Crippen molar-refractivity contribution in [1.29, 1.82) is 0 Å². The zero-order valence-electron chi connectivity index (χ0n) is 9.56. The largest absolute Gasteiger partial charge is 0.0654 e. The monoisotopic (exact) mass is 170 g/mol. The second-order valence-electron chi connectivity index (χ2n) is 4.49. The van der Waals surface area contributed by atoms with E-state index < -0.39 is 0 Å². The molecule has 1 unspecified atom stereocenters. The molecule has 0 fully saturated rings. The van der Waals surface area contributed by atoms with Gasteiger partial charge in [0.25, 0.3) is 0 Å². The summed E-state index contributed by atoms with van der Waals surface area (Å²) in [6, 6.07) is 0. The minimum atomic E-state index is 0.907. The number of rotatable bonds is 6. The maximum Gasteiger partial charge on any atom is -0.0415 e. The smallest absolute Gasteiger partial charge is 0.0415 e. The summed E-state index contributed by atoms with van der Waals surface area (Å²) >= 11 is 0. The minimum Gasteiger partial charge on any atom is -0.0654 e. The third-order valence-corrected chi connectivity index (χ3v) is 3.17. The van der Waals surface area contributed by atoms with E-state index in [1.807, 2.05) is 0 Å². The van der Waals surface area contributed by atoms with Crippen LogP contribution in [0.5, 0.6) is 0 Å². The van der Waals surface area contributed by atoms with E-state index in [-0.39, 0.29) is 0 Å². The molecule has 0 rings (SSSR count). The van der Waals surface area contributed by atoms with Crippen molar-refractivity contribution < 1.29 is 0 Å². The normalized spacial score (nSPS) is 18.8. The molecule has 0 spiro atoms. The van der Waals surface area contributed by atoms with E-state index in [0.717, 1.165) is 17.8 Å². The fourth-order valence-corrected chi connectivity index (χ4v) is 1.88. The molecule has 0 aliphatic rings. The quantitative estimate of drug-likeness (QED) is 0.551. The molecule has 0 saturated heterocycles. The van der Waals surface area contributed by atoms with E-state index >= 15 is 0 Å². The summed E-state index contributed by atoms with van der Waals surface area (Å²) in [6.45, 7) is 11.8. The molecule has 12 heavy (non-hydrogen) atoms. The van der Waals surface area contributed by atoms with Crippen LogP contribution in [-0.4, -0.2) is 0 Å². The van der Waals surface area contributed by atoms with Crippen LogP contribution in [0.2, 0.25) is 0 Å². The maximum atomic E-state index is 2.40. The highest BCUT2D eigenvalue weighted by molar-refractivity contribution is 4.64. The van der Waals surface area contributed by atoms with Crippen LogP contribution >= 0.6 is 0 Å². The number of hydrogen-bond donors (Lipinski definition) is 0. The second-order valence-corrected chi connectivity index (χ2v) is 4.49. The molecule has 74 valence electrons. The lowest BCUT2D eigenvalue weighted by atomic mass is 9.85. The maximum absolute atomic E-state index is 2.40. The first kappa shape index (κ1) is 12.0. The lowest BCUT2D eigenvalue weighted by Gasteiger charge is -2.21. The Morgan fingerprint density at radius 3 is 1.92 bits per heavy atom. The molecule has 0 N–H and O–H groups in total. The summed E-state index contributed by atoms with van der Waals surface area (Å²) in [4.78, 5) is 0. The van der Waals surface area contributed by atoms with Gasteiger partial charge in [0.1, 0.15) is 0 Å². The highest BCUT2D eigenvalue weighted by atomic mass is 14.2. The Hall–Kier alpha value is 0. The first-order valence-corrected chi connectivity index (χ1v) is 5.61. The van der Waals surface area contributed by atoms with Gasteiger partial charge in [-0.1, -0.05) is 53.9 Å². The molecule has 0 aromatic rings. The highest BCUT2D eigenvalue weighted by Gasteiger charge is 2.13. The average Bonchev–Trinajstić information content (AvgIpc) is 2.03. The van der Waals surface area contributed by atoms with Gasteiger partial charge in [-0.2, -0.15) is 0 Å². The van der Waals surface area contributed by atoms with E-state index in [1.54, 1.807) is 0 Å². The van der Waals surface area contributed by atoms with Gasteiger partial charge in [0, 0.05) is 0 Å². The Kier molecular flexibility index (Phi) is 6.51. The summed E-state index contributed by atoms with van der Waals surface area (Å²) in [7, 11) is 0. The SMILES string of the molecule is CCC[C@H](C)CC(C)[C@H](C)CC. The lowest BCUT2D eigenvalue weighted by molar-refractivity contribution is 0.298. The van der Waals surface area contributed by atoms with Crippen molar-refractivity contribution in [2.45, 2.75) is 60.3 Å². The summed E-state index contributed by atoms with van der Waals surface area (Å²) in [5.41, 5.74) is 0. The van der Waals surface area contributed by atoms with Crippen LogP contribution in [0, 0.1) is 17.8 Å². The van der Waals surface area contributed by atoms with Crippen LogP contribution in [0.25, 0.3) is 0 Å². The van der Waals surface area contributed by atoms with Crippen molar-refractivity contribution in [2.75, 3.05) is 0 Å². The van der Waals surface area contributed by atoms with Crippen molar-refractivity contribution in [3.8, 4) is 0 Å². The summed E-state index contributed by atoms with van der Waals surface area (Å²) in [6.07, 6.45) is 5.50. The first-order chi connectivity index (χ1) is 5.61. The molecule has 3 atom stereocenters. The molecule has 0 amide bonds. The second kappa shape index (κ2) is 6.51. The summed E-state index contributed by atoms with van der Waals surface area (Å²) in [5.74, 6) is 2.75. The van der Waals surface area contributed by atoms with Gasteiger partial charge in [-0.15, -0.1) is 0 Å². The predicted octanol–water partition coefficient (Wildman–Crippen LogP) is 4.49. The Balaban J connectivity index is 3.59. The van der Waals surface area contributed by atoms with Crippen molar-refractivity contribution in [3.05, 3.63) is 0 Å². The molecule has 0 heterocycles. The van der Waals surface area contributed by atoms with Crippen molar-refractivity contribution in [3.63, 3.8) is 0 Å². The standard InChI is InChI=1S/C12H26/c1-6-8-10(3)9-12(5)11(4)7-2/h10-12H,6-9H2,1-5H3/t10-,11+,12?/m0/s1. The van der Waals surface area contributed by atoms with Crippen molar-refractivity contribution in [1.82, 2.24) is 0 Å². The van der Waals surface area contributed by atoms with Crippen LogP contribution in [0.3, 0.4) is 0 Å². The first-order valence-electron chi connectivity index (χ1n) is 5.61. The fraction of sp³-hybridized carbons (Fsp3) is 1.00. The highest BCUT2D eigenvalue weighted by Crippen LogP contribution is 2.24.